The van der Waals surface area contributed by atoms with Gasteiger partial charge < -0.3 is 15.3 Å². The Kier molecular flexibility index (Phi) is 5.11. The second-order valence-electron chi connectivity index (χ2n) is 6.98. The average molecular weight is 306 g/mol. The first-order valence-electron chi connectivity index (χ1n) is 7.49. The molecule has 116 valence electrons. The second kappa shape index (κ2) is 6.50. The summed E-state index contributed by atoms with van der Waals surface area (Å²) in [5, 5.41) is 13.2. The van der Waals surface area contributed by atoms with Gasteiger partial charge in [0.2, 0.25) is 0 Å². The molecule has 2 heterocycles. The Bertz CT molecular complexity index is 535. The minimum atomic E-state index is -0.925. The summed E-state index contributed by atoms with van der Waals surface area (Å²) in [5.74, 6) is 5.89. The van der Waals surface area contributed by atoms with Crippen molar-refractivity contribution in [3.63, 3.8) is 0 Å². The first kappa shape index (κ1) is 16.5. The van der Waals surface area contributed by atoms with Gasteiger partial charge in [-0.05, 0) is 51.4 Å². The third-order valence-corrected chi connectivity index (χ3v) is 4.75. The molecule has 1 saturated heterocycles. The van der Waals surface area contributed by atoms with Crippen molar-refractivity contribution in [2.75, 3.05) is 26.7 Å². The van der Waals surface area contributed by atoms with Gasteiger partial charge in [0.1, 0.15) is 5.60 Å². The smallest absolute Gasteiger partial charge is 0.120 e. The zero-order valence-electron chi connectivity index (χ0n) is 13.5. The molecule has 0 bridgehead atoms. The van der Waals surface area contributed by atoms with Crippen LogP contribution in [0.1, 0.15) is 36.9 Å². The third-order valence-electron chi connectivity index (χ3n) is 3.75. The molecular formula is C17H26N2OS. The molecule has 1 aliphatic heterocycles. The molecule has 1 atom stereocenters. The molecule has 1 fully saturated rings. The highest BCUT2D eigenvalue weighted by molar-refractivity contribution is 7.12. The van der Waals surface area contributed by atoms with Crippen LogP contribution in [0.25, 0.3) is 0 Å². The van der Waals surface area contributed by atoms with Crippen LogP contribution >= 0.6 is 11.3 Å². The molecule has 0 spiro atoms. The molecule has 1 aromatic heterocycles. The lowest BCUT2D eigenvalue weighted by Crippen LogP contribution is -2.33. The Labute approximate surface area is 132 Å². The second-order valence-corrected chi connectivity index (χ2v) is 8.15. The fourth-order valence-corrected chi connectivity index (χ4v) is 3.49. The number of rotatable bonds is 4. The summed E-state index contributed by atoms with van der Waals surface area (Å²) in [6.07, 6.45) is 1.27. The van der Waals surface area contributed by atoms with Crippen LogP contribution < -0.4 is 5.32 Å². The monoisotopic (exact) mass is 306 g/mol. The highest BCUT2D eigenvalue weighted by Gasteiger charge is 2.31. The van der Waals surface area contributed by atoms with Crippen LogP contribution in [-0.4, -0.2) is 42.3 Å². The van der Waals surface area contributed by atoms with E-state index in [1.165, 1.54) is 24.4 Å². The van der Waals surface area contributed by atoms with Crippen LogP contribution in [0.3, 0.4) is 0 Å². The van der Waals surface area contributed by atoms with E-state index in [2.05, 4.69) is 42.1 Å². The van der Waals surface area contributed by atoms with Crippen LogP contribution in [0.5, 0.6) is 0 Å². The topological polar surface area (TPSA) is 35.5 Å². The molecule has 1 unspecified atom stereocenters. The summed E-state index contributed by atoms with van der Waals surface area (Å²) in [4.78, 5) is 4.71. The van der Waals surface area contributed by atoms with Gasteiger partial charge in [-0.2, -0.15) is 0 Å². The lowest BCUT2D eigenvalue weighted by atomic mass is 9.90. The van der Waals surface area contributed by atoms with E-state index in [0.29, 0.717) is 5.41 Å². The van der Waals surface area contributed by atoms with E-state index in [1.54, 1.807) is 25.2 Å². The van der Waals surface area contributed by atoms with Crippen LogP contribution in [0.4, 0.5) is 0 Å². The van der Waals surface area contributed by atoms with Gasteiger partial charge in [-0.3, -0.25) is 0 Å². The van der Waals surface area contributed by atoms with E-state index in [0.717, 1.165) is 18.0 Å². The van der Waals surface area contributed by atoms with E-state index in [9.17, 15) is 5.11 Å². The Hall–Kier alpha value is -0.860. The molecule has 0 radical (unpaired) electrons. The quantitative estimate of drug-likeness (QED) is 0.838. The van der Waals surface area contributed by atoms with E-state index in [4.69, 9.17) is 0 Å². The van der Waals surface area contributed by atoms with Gasteiger partial charge >= 0.3 is 0 Å². The molecule has 0 saturated carbocycles. The molecule has 1 aliphatic rings. The number of thiophene rings is 1. The molecule has 2 rings (SSSR count). The summed E-state index contributed by atoms with van der Waals surface area (Å²) < 4.78 is 0. The standard InChI is InChI=1S/C17H26N2OS/c1-16(2,20)8-7-14-5-6-15(21-14)11-18-12-17(3)9-10-19(4)13-17/h5-6,18,20H,9-13H2,1-4H3. The Morgan fingerprint density at radius 3 is 2.86 bits per heavy atom. The number of nitrogens with one attached hydrogen (secondary N) is 1. The summed E-state index contributed by atoms with van der Waals surface area (Å²) >= 11 is 1.70. The minimum Gasteiger partial charge on any atom is -0.378 e. The number of likely N-dealkylation sites (tertiary alicyclic amines) is 1. The van der Waals surface area contributed by atoms with E-state index in [-0.39, 0.29) is 0 Å². The van der Waals surface area contributed by atoms with Gasteiger partial charge in [0.15, 0.2) is 0 Å². The van der Waals surface area contributed by atoms with E-state index < -0.39 is 5.60 Å². The molecule has 0 aliphatic carbocycles. The number of hydrogen-bond donors (Lipinski definition) is 2. The van der Waals surface area contributed by atoms with Crippen molar-refractivity contribution in [3.8, 4) is 11.8 Å². The van der Waals surface area contributed by atoms with Crippen molar-refractivity contribution in [1.82, 2.24) is 10.2 Å². The van der Waals surface area contributed by atoms with Gasteiger partial charge in [0.25, 0.3) is 0 Å². The predicted molar refractivity (Wildman–Crippen MR) is 89.4 cm³/mol. The average Bonchev–Trinajstić information content (AvgIpc) is 2.94. The van der Waals surface area contributed by atoms with Crippen molar-refractivity contribution < 1.29 is 5.11 Å². The van der Waals surface area contributed by atoms with Crippen molar-refractivity contribution in [1.29, 1.82) is 0 Å². The summed E-state index contributed by atoms with van der Waals surface area (Å²) in [6, 6.07) is 4.15. The van der Waals surface area contributed by atoms with Crippen molar-refractivity contribution >= 4 is 11.3 Å². The SMILES string of the molecule is CN1CCC(C)(CNCc2ccc(C#CC(C)(C)O)s2)C1. The summed E-state index contributed by atoms with van der Waals surface area (Å²) in [6.45, 7) is 10.1. The third kappa shape index (κ3) is 5.44. The van der Waals surface area contributed by atoms with Crippen molar-refractivity contribution in [3.05, 3.63) is 21.9 Å². The maximum atomic E-state index is 9.61. The van der Waals surface area contributed by atoms with Gasteiger partial charge in [-0.25, -0.2) is 0 Å². The molecule has 3 nitrogen and oxygen atoms in total. The lowest BCUT2D eigenvalue weighted by Gasteiger charge is -2.23. The van der Waals surface area contributed by atoms with Gasteiger partial charge in [0, 0.05) is 24.5 Å². The molecule has 1 aromatic rings. The number of hydrogen-bond acceptors (Lipinski definition) is 4. The maximum absolute atomic E-state index is 9.61. The molecule has 0 aromatic carbocycles. The zero-order valence-corrected chi connectivity index (χ0v) is 14.3. The van der Waals surface area contributed by atoms with Crippen LogP contribution in [0.2, 0.25) is 0 Å². The number of nitrogens with zero attached hydrogens (tertiary/aromatic N) is 1. The summed E-state index contributed by atoms with van der Waals surface area (Å²) in [5.41, 5.74) is -0.527. The van der Waals surface area contributed by atoms with Crippen molar-refractivity contribution in [2.24, 2.45) is 5.41 Å². The molecule has 2 N–H and O–H groups in total. The number of aliphatic hydroxyl groups is 1. The fourth-order valence-electron chi connectivity index (χ4n) is 2.66. The Morgan fingerprint density at radius 2 is 2.24 bits per heavy atom. The Balaban J connectivity index is 1.82. The van der Waals surface area contributed by atoms with Crippen molar-refractivity contribution in [2.45, 2.75) is 39.3 Å². The molecule has 21 heavy (non-hydrogen) atoms. The molecule has 4 heteroatoms. The first-order chi connectivity index (χ1) is 9.76. The van der Waals surface area contributed by atoms with Gasteiger partial charge in [-0.1, -0.05) is 18.8 Å². The van der Waals surface area contributed by atoms with Gasteiger partial charge in [-0.15, -0.1) is 11.3 Å². The highest BCUT2D eigenvalue weighted by Crippen LogP contribution is 2.28. The fraction of sp³-hybridized carbons (Fsp3) is 0.647. The molecule has 0 amide bonds. The lowest BCUT2D eigenvalue weighted by molar-refractivity contribution is 0.143. The van der Waals surface area contributed by atoms with Crippen LogP contribution in [0.15, 0.2) is 12.1 Å². The van der Waals surface area contributed by atoms with Crippen LogP contribution in [0, 0.1) is 17.3 Å². The van der Waals surface area contributed by atoms with E-state index in [1.807, 2.05) is 6.07 Å². The zero-order chi connectivity index (χ0) is 15.5. The minimum absolute atomic E-state index is 0.398. The van der Waals surface area contributed by atoms with Gasteiger partial charge in [0.05, 0.1) is 4.88 Å². The highest BCUT2D eigenvalue weighted by atomic mass is 32.1. The normalized spacial score (nSPS) is 23.1. The van der Waals surface area contributed by atoms with E-state index >= 15 is 0 Å². The predicted octanol–water partition coefficient (Wildman–Crippen LogP) is 2.30. The first-order valence-corrected chi connectivity index (χ1v) is 8.31. The molecular weight excluding hydrogens is 280 g/mol. The van der Waals surface area contributed by atoms with Crippen LogP contribution in [-0.2, 0) is 6.54 Å². The summed E-state index contributed by atoms with van der Waals surface area (Å²) in [7, 11) is 2.19. The largest absolute Gasteiger partial charge is 0.378 e. The maximum Gasteiger partial charge on any atom is 0.120 e. The Morgan fingerprint density at radius 1 is 1.48 bits per heavy atom.